The maximum absolute atomic E-state index is 11.2. The topological polar surface area (TPSA) is 54.4 Å². The average molecular weight is 286 g/mol. The van der Waals surface area contributed by atoms with Crippen LogP contribution in [-0.4, -0.2) is 42.5 Å². The molecule has 0 atom stereocenters. The van der Waals surface area contributed by atoms with E-state index in [0.29, 0.717) is 0 Å². The van der Waals surface area contributed by atoms with Crippen molar-refractivity contribution in [1.29, 1.82) is 0 Å². The van der Waals surface area contributed by atoms with E-state index < -0.39 is 10.1 Å². The third kappa shape index (κ3) is 2.88. The van der Waals surface area contributed by atoms with Gasteiger partial charge in [-0.3, -0.25) is 4.55 Å². The van der Waals surface area contributed by atoms with Crippen LogP contribution in [0.3, 0.4) is 0 Å². The zero-order valence-corrected chi connectivity index (χ0v) is 10.7. The second-order valence-electron chi connectivity index (χ2n) is 4.77. The summed E-state index contributed by atoms with van der Waals surface area (Å²) in [6, 6.07) is 8.95. The molecule has 3 rings (SSSR count). The van der Waals surface area contributed by atoms with Gasteiger partial charge in [0.05, 0.1) is 4.90 Å². The summed E-state index contributed by atoms with van der Waals surface area (Å²) in [6.45, 7) is 0. The average Bonchev–Trinajstić information content (AvgIpc) is 2.37. The van der Waals surface area contributed by atoms with E-state index in [9.17, 15) is 8.42 Å². The van der Waals surface area contributed by atoms with Crippen LogP contribution in [0.25, 0.3) is 10.8 Å². The molecule has 0 bridgehead atoms. The van der Waals surface area contributed by atoms with Crippen LogP contribution in [0.5, 0.6) is 0 Å². The maximum atomic E-state index is 11.2. The molecular weight excluding hydrogens is 271 g/mol. The first-order chi connectivity index (χ1) is 8.55. The first kappa shape index (κ1) is 15.0. The molecule has 0 spiro atoms. The van der Waals surface area contributed by atoms with Crippen LogP contribution in [0.15, 0.2) is 35.2 Å². The molecule has 1 N–H and O–H groups in total. The van der Waals surface area contributed by atoms with Gasteiger partial charge in [0.25, 0.3) is 10.1 Å². The van der Waals surface area contributed by atoms with Gasteiger partial charge in [-0.05, 0) is 59.7 Å². The van der Waals surface area contributed by atoms with Crippen molar-refractivity contribution >= 4 is 50.4 Å². The van der Waals surface area contributed by atoms with Crippen LogP contribution in [0.1, 0.15) is 24.0 Å². The van der Waals surface area contributed by atoms with Gasteiger partial charge in [0.1, 0.15) is 0 Å². The van der Waals surface area contributed by atoms with Gasteiger partial charge in [-0.1, -0.05) is 18.2 Å². The van der Waals surface area contributed by atoms with E-state index in [4.69, 9.17) is 4.55 Å². The molecule has 0 amide bonds. The summed E-state index contributed by atoms with van der Waals surface area (Å²) in [4.78, 5) is -0.0195. The quantitative estimate of drug-likeness (QED) is 0.646. The van der Waals surface area contributed by atoms with Gasteiger partial charge in [0.2, 0.25) is 0 Å². The van der Waals surface area contributed by atoms with Gasteiger partial charge >= 0.3 is 29.6 Å². The normalized spacial score (nSPS) is 14.8. The van der Waals surface area contributed by atoms with Crippen LogP contribution >= 0.6 is 0 Å². The standard InChI is InChI=1S/C14H14O3S.Na.H/c15-18(16,17)12-8-7-11-6-5-10-3-1-2-4-13(10)14(11)9-12;;/h5-9H,1-4H2,(H,15,16,17);;. The Morgan fingerprint density at radius 2 is 1.68 bits per heavy atom. The molecule has 0 radical (unpaired) electrons. The van der Waals surface area contributed by atoms with Gasteiger partial charge in [0.15, 0.2) is 0 Å². The second-order valence-corrected chi connectivity index (χ2v) is 6.19. The molecule has 0 aromatic heterocycles. The van der Waals surface area contributed by atoms with E-state index in [0.717, 1.165) is 30.0 Å². The molecule has 96 valence electrons. The van der Waals surface area contributed by atoms with Crippen molar-refractivity contribution in [3.63, 3.8) is 0 Å². The van der Waals surface area contributed by atoms with Crippen molar-refractivity contribution in [1.82, 2.24) is 0 Å². The molecule has 1 aliphatic rings. The summed E-state index contributed by atoms with van der Waals surface area (Å²) in [5.41, 5.74) is 2.55. The Labute approximate surface area is 135 Å². The molecule has 19 heavy (non-hydrogen) atoms. The van der Waals surface area contributed by atoms with E-state index in [1.165, 1.54) is 23.6 Å². The summed E-state index contributed by atoms with van der Waals surface area (Å²) in [5.74, 6) is 0. The number of hydrogen-bond acceptors (Lipinski definition) is 2. The van der Waals surface area contributed by atoms with E-state index in [1.54, 1.807) is 12.1 Å². The molecule has 1 aliphatic carbocycles. The summed E-state index contributed by atoms with van der Waals surface area (Å²) in [5, 5.41) is 1.99. The van der Waals surface area contributed by atoms with E-state index in [1.807, 2.05) is 6.07 Å². The summed E-state index contributed by atoms with van der Waals surface area (Å²) in [6.07, 6.45) is 4.38. The molecule has 0 fully saturated rings. The molecule has 0 unspecified atom stereocenters. The van der Waals surface area contributed by atoms with Crippen molar-refractivity contribution in [3.8, 4) is 0 Å². The number of aryl methyl sites for hydroxylation is 2. The molecular formula is C14H15NaO3S. The number of rotatable bonds is 1. The molecule has 0 saturated heterocycles. The molecule has 0 saturated carbocycles. The first-order valence-electron chi connectivity index (χ1n) is 6.08. The Kier molecular flexibility index (Phi) is 4.38. The first-order valence-corrected chi connectivity index (χ1v) is 7.52. The Hall–Kier alpha value is -0.390. The van der Waals surface area contributed by atoms with Gasteiger partial charge in [-0.15, -0.1) is 0 Å². The van der Waals surface area contributed by atoms with Crippen molar-refractivity contribution in [3.05, 3.63) is 41.5 Å². The van der Waals surface area contributed by atoms with Crippen molar-refractivity contribution in [2.75, 3.05) is 0 Å². The zero-order chi connectivity index (χ0) is 12.8. The summed E-state index contributed by atoms with van der Waals surface area (Å²) in [7, 11) is -4.12. The fourth-order valence-corrected chi connectivity index (χ4v) is 3.22. The minimum absolute atomic E-state index is 0. The molecule has 5 heteroatoms. The van der Waals surface area contributed by atoms with Crippen molar-refractivity contribution in [2.45, 2.75) is 30.6 Å². The Bertz CT molecular complexity index is 723. The number of benzene rings is 2. The third-order valence-electron chi connectivity index (χ3n) is 3.62. The molecule has 2 aromatic carbocycles. The number of fused-ring (bicyclic) bond motifs is 3. The van der Waals surface area contributed by atoms with Gasteiger partial charge in [0, 0.05) is 0 Å². The minimum atomic E-state index is -4.12. The predicted molar refractivity (Wildman–Crippen MR) is 77.6 cm³/mol. The van der Waals surface area contributed by atoms with Crippen LogP contribution in [0.2, 0.25) is 0 Å². The van der Waals surface area contributed by atoms with Crippen molar-refractivity contribution < 1.29 is 13.0 Å². The Morgan fingerprint density at radius 3 is 2.42 bits per heavy atom. The predicted octanol–water partition coefficient (Wildman–Crippen LogP) is 2.32. The monoisotopic (exact) mass is 286 g/mol. The van der Waals surface area contributed by atoms with Crippen molar-refractivity contribution in [2.24, 2.45) is 0 Å². The van der Waals surface area contributed by atoms with Crippen LogP contribution in [-0.2, 0) is 23.0 Å². The SMILES string of the molecule is O=S(=O)(O)c1ccc2ccc3c(c2c1)CCCC3.[NaH]. The molecule has 3 nitrogen and oxygen atoms in total. The molecule has 0 aliphatic heterocycles. The Morgan fingerprint density at radius 1 is 1.00 bits per heavy atom. The van der Waals surface area contributed by atoms with E-state index >= 15 is 0 Å². The molecule has 0 heterocycles. The number of hydrogen-bond donors (Lipinski definition) is 1. The zero-order valence-electron chi connectivity index (χ0n) is 9.89. The van der Waals surface area contributed by atoms with Crippen LogP contribution in [0, 0.1) is 0 Å². The summed E-state index contributed by atoms with van der Waals surface area (Å²) < 4.78 is 31.5. The fourth-order valence-electron chi connectivity index (χ4n) is 2.71. The second kappa shape index (κ2) is 5.54. The molecule has 2 aromatic rings. The van der Waals surface area contributed by atoms with E-state index in [-0.39, 0.29) is 34.5 Å². The van der Waals surface area contributed by atoms with Crippen LogP contribution in [0.4, 0.5) is 0 Å². The Balaban J connectivity index is 0.00000133. The van der Waals surface area contributed by atoms with Gasteiger partial charge < -0.3 is 0 Å². The van der Waals surface area contributed by atoms with Crippen LogP contribution < -0.4 is 0 Å². The van der Waals surface area contributed by atoms with E-state index in [2.05, 4.69) is 6.07 Å². The third-order valence-corrected chi connectivity index (χ3v) is 4.47. The summed E-state index contributed by atoms with van der Waals surface area (Å²) >= 11 is 0. The van der Waals surface area contributed by atoms with Gasteiger partial charge in [-0.2, -0.15) is 8.42 Å². The van der Waals surface area contributed by atoms with Gasteiger partial charge in [-0.25, -0.2) is 0 Å². The fraction of sp³-hybridized carbons (Fsp3) is 0.286.